The molecule has 0 fully saturated rings. The Kier molecular flexibility index (Phi) is 4.47. The van der Waals surface area contributed by atoms with Gasteiger partial charge in [-0.25, -0.2) is 9.07 Å². The topological polar surface area (TPSA) is 58.9 Å². The second-order valence-corrected chi connectivity index (χ2v) is 4.50. The van der Waals surface area contributed by atoms with Gasteiger partial charge in [0.1, 0.15) is 11.5 Å². The molecule has 1 amide bonds. The predicted molar refractivity (Wildman–Crippen MR) is 74.4 cm³/mol. The minimum Gasteiger partial charge on any atom is -0.349 e. The molecule has 5 nitrogen and oxygen atoms in total. The zero-order valence-electron chi connectivity index (χ0n) is 11.4. The van der Waals surface area contributed by atoms with Crippen molar-refractivity contribution < 1.29 is 9.18 Å². The van der Waals surface area contributed by atoms with Crippen molar-refractivity contribution in [2.24, 2.45) is 0 Å². The number of amides is 1. The molecule has 0 radical (unpaired) electrons. The summed E-state index contributed by atoms with van der Waals surface area (Å²) in [4.78, 5) is 11.9. The summed E-state index contributed by atoms with van der Waals surface area (Å²) in [5, 5.41) is 9.87. The molecule has 106 valence electrons. The molecular formula is C14H17FN4O. The molecule has 0 aliphatic rings. The zero-order valence-corrected chi connectivity index (χ0v) is 11.4. The van der Waals surface area contributed by atoms with Crippen molar-refractivity contribution in [2.45, 2.75) is 13.0 Å². The highest BCUT2D eigenvalue weighted by atomic mass is 19.1. The third-order valence-electron chi connectivity index (χ3n) is 2.98. The van der Waals surface area contributed by atoms with Crippen LogP contribution in [0, 0.1) is 5.82 Å². The molecule has 0 aliphatic carbocycles. The molecule has 1 heterocycles. The van der Waals surface area contributed by atoms with Gasteiger partial charge in [0.25, 0.3) is 5.91 Å². The number of carbonyl (C=O) groups is 1. The predicted octanol–water partition coefficient (Wildman–Crippen LogP) is 1.35. The van der Waals surface area contributed by atoms with Gasteiger partial charge in [0.2, 0.25) is 0 Å². The van der Waals surface area contributed by atoms with Crippen molar-refractivity contribution in [1.29, 1.82) is 0 Å². The van der Waals surface area contributed by atoms with E-state index < -0.39 is 0 Å². The Morgan fingerprint density at radius 3 is 2.85 bits per heavy atom. The van der Waals surface area contributed by atoms with Gasteiger partial charge in [0.15, 0.2) is 5.69 Å². The average Bonchev–Trinajstić information content (AvgIpc) is 2.94. The second-order valence-electron chi connectivity index (χ2n) is 4.50. The highest BCUT2D eigenvalue weighted by molar-refractivity contribution is 5.92. The molecule has 0 saturated heterocycles. The minimum atomic E-state index is -0.383. The molecule has 1 unspecified atom stereocenters. The normalized spacial score (nSPS) is 12.2. The van der Waals surface area contributed by atoms with E-state index in [1.54, 1.807) is 30.5 Å². The fourth-order valence-electron chi connectivity index (χ4n) is 1.66. The molecule has 6 heteroatoms. The Morgan fingerprint density at radius 1 is 1.40 bits per heavy atom. The largest absolute Gasteiger partial charge is 0.349 e. The Hall–Kier alpha value is -2.21. The first-order valence-corrected chi connectivity index (χ1v) is 6.38. The van der Waals surface area contributed by atoms with E-state index in [1.807, 2.05) is 14.0 Å². The van der Waals surface area contributed by atoms with Gasteiger partial charge in [-0.2, -0.15) is 5.10 Å². The zero-order chi connectivity index (χ0) is 14.5. The summed E-state index contributed by atoms with van der Waals surface area (Å²) in [6, 6.07) is 8.01. The quantitative estimate of drug-likeness (QED) is 0.866. The van der Waals surface area contributed by atoms with Gasteiger partial charge in [-0.05, 0) is 32.2 Å². The van der Waals surface area contributed by atoms with E-state index in [1.165, 1.54) is 10.7 Å². The first kappa shape index (κ1) is 14.2. The Balaban J connectivity index is 2.09. The molecule has 1 aromatic carbocycles. The van der Waals surface area contributed by atoms with Crippen molar-refractivity contribution in [3.8, 4) is 5.69 Å². The van der Waals surface area contributed by atoms with Gasteiger partial charge in [0.05, 0.1) is 0 Å². The summed E-state index contributed by atoms with van der Waals surface area (Å²) >= 11 is 0. The lowest BCUT2D eigenvalue weighted by Gasteiger charge is -2.10. The number of hydrogen-bond acceptors (Lipinski definition) is 3. The number of likely N-dealkylation sites (N-methyl/N-ethyl adjacent to an activating group) is 1. The number of nitrogens with zero attached hydrogens (tertiary/aromatic N) is 2. The highest BCUT2D eigenvalue weighted by Crippen LogP contribution is 2.12. The molecule has 2 N–H and O–H groups in total. The van der Waals surface area contributed by atoms with E-state index in [0.29, 0.717) is 12.2 Å². The van der Waals surface area contributed by atoms with E-state index in [9.17, 15) is 9.18 Å². The molecule has 0 saturated carbocycles. The minimum absolute atomic E-state index is 0.174. The summed E-state index contributed by atoms with van der Waals surface area (Å²) in [6.45, 7) is 2.46. The lowest BCUT2D eigenvalue weighted by molar-refractivity contribution is 0.0945. The van der Waals surface area contributed by atoms with Gasteiger partial charge in [-0.15, -0.1) is 0 Å². The number of halogens is 1. The Labute approximate surface area is 116 Å². The standard InChI is InChI=1S/C14H17FN4O/c1-10(16-2)9-17-14(20)12-7-8-19(18-12)13-6-4-3-5-11(13)15/h3-8,10,16H,9H2,1-2H3,(H,17,20). The lowest BCUT2D eigenvalue weighted by atomic mass is 10.3. The maximum absolute atomic E-state index is 13.6. The van der Waals surface area contributed by atoms with Crippen molar-refractivity contribution in [2.75, 3.05) is 13.6 Å². The van der Waals surface area contributed by atoms with Gasteiger partial charge in [0, 0.05) is 18.8 Å². The number of para-hydroxylation sites is 1. The lowest BCUT2D eigenvalue weighted by Crippen LogP contribution is -2.37. The fourth-order valence-corrected chi connectivity index (χ4v) is 1.66. The molecule has 0 bridgehead atoms. The summed E-state index contributed by atoms with van der Waals surface area (Å²) in [5.74, 6) is -0.659. The van der Waals surface area contributed by atoms with Crippen LogP contribution in [0.2, 0.25) is 0 Å². The Morgan fingerprint density at radius 2 is 2.15 bits per heavy atom. The summed E-state index contributed by atoms with van der Waals surface area (Å²) in [5.41, 5.74) is 0.576. The number of carbonyl (C=O) groups excluding carboxylic acids is 1. The van der Waals surface area contributed by atoms with Crippen LogP contribution in [0.15, 0.2) is 36.5 Å². The van der Waals surface area contributed by atoms with Crippen LogP contribution in [0.1, 0.15) is 17.4 Å². The molecule has 20 heavy (non-hydrogen) atoms. The maximum Gasteiger partial charge on any atom is 0.271 e. The molecule has 0 aliphatic heterocycles. The molecule has 2 aromatic rings. The van der Waals surface area contributed by atoms with Crippen molar-refractivity contribution in [1.82, 2.24) is 20.4 Å². The van der Waals surface area contributed by atoms with Crippen LogP contribution in [0.4, 0.5) is 4.39 Å². The molecule has 1 atom stereocenters. The monoisotopic (exact) mass is 276 g/mol. The van der Waals surface area contributed by atoms with Crippen LogP contribution in [-0.2, 0) is 0 Å². The summed E-state index contributed by atoms with van der Waals surface area (Å²) < 4.78 is 15.0. The Bertz CT molecular complexity index is 596. The van der Waals surface area contributed by atoms with Crippen LogP contribution in [0.5, 0.6) is 0 Å². The molecule has 2 rings (SSSR count). The van der Waals surface area contributed by atoms with Crippen molar-refractivity contribution >= 4 is 5.91 Å². The molecule has 0 spiro atoms. The number of rotatable bonds is 5. The summed E-state index contributed by atoms with van der Waals surface area (Å²) in [6.07, 6.45) is 1.56. The van der Waals surface area contributed by atoms with Crippen molar-refractivity contribution in [3.05, 3.63) is 48.0 Å². The van der Waals surface area contributed by atoms with Crippen LogP contribution in [0.3, 0.4) is 0 Å². The highest BCUT2D eigenvalue weighted by Gasteiger charge is 2.12. The SMILES string of the molecule is CNC(C)CNC(=O)c1ccn(-c2ccccc2F)n1. The summed E-state index contributed by atoms with van der Waals surface area (Å²) in [7, 11) is 1.82. The van der Waals surface area contributed by atoms with Gasteiger partial charge >= 0.3 is 0 Å². The first-order chi connectivity index (χ1) is 9.61. The number of aromatic nitrogens is 2. The van der Waals surface area contributed by atoms with E-state index in [-0.39, 0.29) is 23.5 Å². The van der Waals surface area contributed by atoms with Crippen LogP contribution < -0.4 is 10.6 Å². The molecule has 1 aromatic heterocycles. The van der Waals surface area contributed by atoms with Gasteiger partial charge in [-0.3, -0.25) is 4.79 Å². The average molecular weight is 276 g/mol. The second kappa shape index (κ2) is 6.29. The smallest absolute Gasteiger partial charge is 0.271 e. The number of hydrogen-bond donors (Lipinski definition) is 2. The van der Waals surface area contributed by atoms with E-state index in [2.05, 4.69) is 15.7 Å². The maximum atomic E-state index is 13.6. The first-order valence-electron chi connectivity index (χ1n) is 6.38. The van der Waals surface area contributed by atoms with E-state index in [0.717, 1.165) is 0 Å². The van der Waals surface area contributed by atoms with E-state index in [4.69, 9.17) is 0 Å². The third-order valence-corrected chi connectivity index (χ3v) is 2.98. The van der Waals surface area contributed by atoms with Gasteiger partial charge < -0.3 is 10.6 Å². The fraction of sp³-hybridized carbons (Fsp3) is 0.286. The van der Waals surface area contributed by atoms with Crippen molar-refractivity contribution in [3.63, 3.8) is 0 Å². The number of nitrogens with one attached hydrogen (secondary N) is 2. The van der Waals surface area contributed by atoms with Crippen LogP contribution in [-0.4, -0.2) is 35.3 Å². The van der Waals surface area contributed by atoms with Crippen LogP contribution in [0.25, 0.3) is 5.69 Å². The number of benzene rings is 1. The third kappa shape index (κ3) is 3.21. The molecular weight excluding hydrogens is 259 g/mol. The van der Waals surface area contributed by atoms with Gasteiger partial charge in [-0.1, -0.05) is 12.1 Å². The van der Waals surface area contributed by atoms with Crippen LogP contribution >= 0.6 is 0 Å². The van der Waals surface area contributed by atoms with E-state index >= 15 is 0 Å².